The van der Waals surface area contributed by atoms with Gasteiger partial charge in [-0.25, -0.2) is 4.79 Å². The molecule has 1 saturated carbocycles. The first kappa shape index (κ1) is 19.8. The lowest BCUT2D eigenvalue weighted by molar-refractivity contribution is -0.0113. The number of fused-ring (bicyclic) bond motifs is 1. The van der Waals surface area contributed by atoms with Crippen LogP contribution in [0.2, 0.25) is 0 Å². The summed E-state index contributed by atoms with van der Waals surface area (Å²) >= 11 is 1.68. The summed E-state index contributed by atoms with van der Waals surface area (Å²) in [5.41, 5.74) is 3.04. The van der Waals surface area contributed by atoms with Gasteiger partial charge in [0, 0.05) is 36.3 Å². The first-order valence-corrected chi connectivity index (χ1v) is 11.8. The number of anilines is 1. The van der Waals surface area contributed by atoms with Crippen molar-refractivity contribution in [3.63, 3.8) is 0 Å². The third kappa shape index (κ3) is 4.11. The van der Waals surface area contributed by atoms with Gasteiger partial charge in [-0.3, -0.25) is 4.90 Å². The van der Waals surface area contributed by atoms with Crippen LogP contribution in [-0.2, 0) is 0 Å². The molecule has 1 saturated heterocycles. The number of hydrogen-bond donors (Lipinski definition) is 2. The summed E-state index contributed by atoms with van der Waals surface area (Å²) < 4.78 is 0. The molecule has 152 valence electrons. The van der Waals surface area contributed by atoms with E-state index >= 15 is 0 Å². The van der Waals surface area contributed by atoms with Crippen LogP contribution in [0.25, 0.3) is 0 Å². The Morgan fingerprint density at radius 3 is 2.75 bits per heavy atom. The summed E-state index contributed by atoms with van der Waals surface area (Å²) in [6.45, 7) is 8.16. The summed E-state index contributed by atoms with van der Waals surface area (Å²) in [7, 11) is 0. The second-order valence-electron chi connectivity index (χ2n) is 9.20. The molecule has 2 N–H and O–H groups in total. The smallest absolute Gasteiger partial charge is 0.319 e. The van der Waals surface area contributed by atoms with E-state index in [0.717, 1.165) is 54.9 Å². The number of likely N-dealkylation sites (tertiary alicyclic amines) is 1. The Kier molecular flexibility index (Phi) is 5.75. The molecule has 1 aliphatic heterocycles. The minimum atomic E-state index is -0.0889. The highest BCUT2D eigenvalue weighted by atomic mass is 32.2. The standard InChI is InChI=1S/C23H33N3OS/c1-23(2)17-8-7-16(21(23)13-17)15-26-11-9-18(10-12-26)24-22(27)25-19-5-4-6-20(14-19)28-3/h4-7,14,17-18,21H,8-13,15H2,1-3H3,(H2,24,25,27)/t17-,21-/m0/s1. The molecule has 0 aromatic heterocycles. The fraction of sp³-hybridized carbons (Fsp3) is 0.609. The largest absolute Gasteiger partial charge is 0.335 e. The van der Waals surface area contributed by atoms with E-state index in [-0.39, 0.29) is 12.1 Å². The van der Waals surface area contributed by atoms with E-state index < -0.39 is 0 Å². The Morgan fingerprint density at radius 2 is 2.07 bits per heavy atom. The molecule has 1 aromatic rings. The molecule has 3 aliphatic carbocycles. The minimum Gasteiger partial charge on any atom is -0.335 e. The Balaban J connectivity index is 1.22. The molecule has 4 aliphatic rings. The van der Waals surface area contributed by atoms with Gasteiger partial charge < -0.3 is 10.6 Å². The lowest BCUT2D eigenvalue weighted by atomic mass is 9.49. The third-order valence-electron chi connectivity index (χ3n) is 7.24. The number of benzene rings is 1. The quantitative estimate of drug-likeness (QED) is 0.542. The molecule has 5 heteroatoms. The molecule has 2 amide bonds. The normalized spacial score (nSPS) is 26.9. The molecule has 1 heterocycles. The van der Waals surface area contributed by atoms with Crippen LogP contribution in [0.5, 0.6) is 0 Å². The van der Waals surface area contributed by atoms with Gasteiger partial charge in [0.25, 0.3) is 0 Å². The number of carbonyl (C=O) groups excluding carboxylic acids is 1. The Hall–Kier alpha value is -1.46. The van der Waals surface area contributed by atoms with Crippen molar-refractivity contribution in [3.8, 4) is 0 Å². The number of carbonyl (C=O) groups is 1. The van der Waals surface area contributed by atoms with Crippen molar-refractivity contribution in [2.45, 2.75) is 50.5 Å². The lowest BCUT2D eigenvalue weighted by Gasteiger charge is -2.57. The monoisotopic (exact) mass is 399 g/mol. The maximum absolute atomic E-state index is 12.3. The van der Waals surface area contributed by atoms with E-state index in [1.165, 1.54) is 12.8 Å². The first-order valence-electron chi connectivity index (χ1n) is 10.6. The zero-order valence-corrected chi connectivity index (χ0v) is 18.1. The van der Waals surface area contributed by atoms with Crippen LogP contribution >= 0.6 is 11.8 Å². The highest BCUT2D eigenvalue weighted by molar-refractivity contribution is 7.98. The molecule has 2 atom stereocenters. The fourth-order valence-corrected chi connectivity index (χ4v) is 5.66. The highest BCUT2D eigenvalue weighted by Gasteiger charge is 2.51. The van der Waals surface area contributed by atoms with Gasteiger partial charge in [-0.1, -0.05) is 31.6 Å². The molecule has 0 spiro atoms. The van der Waals surface area contributed by atoms with E-state index in [2.05, 4.69) is 41.5 Å². The van der Waals surface area contributed by atoms with Gasteiger partial charge in [-0.2, -0.15) is 0 Å². The number of urea groups is 1. The SMILES string of the molecule is CSc1cccc(NC(=O)NC2CCN(CC3=CC[C@H]4C[C@@H]3C4(C)C)CC2)c1. The Morgan fingerprint density at radius 1 is 1.29 bits per heavy atom. The van der Waals surface area contributed by atoms with Gasteiger partial charge in [-0.15, -0.1) is 11.8 Å². The second-order valence-corrected chi connectivity index (χ2v) is 10.1. The predicted octanol–water partition coefficient (Wildman–Crippen LogP) is 4.99. The van der Waals surface area contributed by atoms with E-state index in [1.807, 2.05) is 24.5 Å². The second kappa shape index (κ2) is 8.11. The number of piperidine rings is 1. The molecule has 2 bridgehead atoms. The van der Waals surface area contributed by atoms with Crippen LogP contribution in [0, 0.1) is 17.3 Å². The first-order chi connectivity index (χ1) is 13.5. The number of hydrogen-bond acceptors (Lipinski definition) is 3. The van der Waals surface area contributed by atoms with Gasteiger partial charge in [0.05, 0.1) is 0 Å². The maximum Gasteiger partial charge on any atom is 0.319 e. The van der Waals surface area contributed by atoms with Crippen LogP contribution in [0.15, 0.2) is 40.8 Å². The van der Waals surface area contributed by atoms with Crippen LogP contribution in [0.4, 0.5) is 10.5 Å². The van der Waals surface area contributed by atoms with Crippen LogP contribution < -0.4 is 10.6 Å². The van der Waals surface area contributed by atoms with Crippen molar-refractivity contribution < 1.29 is 4.79 Å². The van der Waals surface area contributed by atoms with E-state index in [0.29, 0.717) is 5.41 Å². The minimum absolute atomic E-state index is 0.0889. The van der Waals surface area contributed by atoms with Crippen molar-refractivity contribution in [1.82, 2.24) is 10.2 Å². The van der Waals surface area contributed by atoms with Crippen molar-refractivity contribution in [3.05, 3.63) is 35.9 Å². The maximum atomic E-state index is 12.3. The van der Waals surface area contributed by atoms with Gasteiger partial charge in [0.1, 0.15) is 0 Å². The Labute approximate surface area is 173 Å². The summed E-state index contributed by atoms with van der Waals surface area (Å²) in [6, 6.07) is 8.16. The third-order valence-corrected chi connectivity index (χ3v) is 7.96. The zero-order chi connectivity index (χ0) is 19.7. The van der Waals surface area contributed by atoms with Gasteiger partial charge >= 0.3 is 6.03 Å². The molecule has 0 unspecified atom stereocenters. The van der Waals surface area contributed by atoms with Crippen molar-refractivity contribution in [2.24, 2.45) is 17.3 Å². The zero-order valence-electron chi connectivity index (χ0n) is 17.3. The molecular weight excluding hydrogens is 366 g/mol. The van der Waals surface area contributed by atoms with Gasteiger partial charge in [-0.05, 0) is 67.4 Å². The molecule has 5 rings (SSSR count). The summed E-state index contributed by atoms with van der Waals surface area (Å²) in [6.07, 6.45) is 9.29. The van der Waals surface area contributed by atoms with Crippen molar-refractivity contribution >= 4 is 23.5 Å². The average molecular weight is 400 g/mol. The van der Waals surface area contributed by atoms with Gasteiger partial charge in [0.15, 0.2) is 0 Å². The topological polar surface area (TPSA) is 44.4 Å². The average Bonchev–Trinajstić information content (AvgIpc) is 2.69. The number of amides is 2. The number of rotatable bonds is 5. The fourth-order valence-electron chi connectivity index (χ4n) is 5.20. The molecule has 2 fully saturated rings. The molecular formula is C23H33N3OS. The molecule has 1 aromatic carbocycles. The van der Waals surface area contributed by atoms with Crippen molar-refractivity contribution in [1.29, 1.82) is 0 Å². The number of nitrogens with zero attached hydrogens (tertiary/aromatic N) is 1. The molecule has 28 heavy (non-hydrogen) atoms. The van der Waals surface area contributed by atoms with Crippen LogP contribution in [-0.4, -0.2) is 42.9 Å². The van der Waals surface area contributed by atoms with E-state index in [4.69, 9.17) is 0 Å². The van der Waals surface area contributed by atoms with E-state index in [1.54, 1.807) is 17.3 Å². The molecule has 4 nitrogen and oxygen atoms in total. The summed E-state index contributed by atoms with van der Waals surface area (Å²) in [4.78, 5) is 16.1. The number of thioether (sulfide) groups is 1. The van der Waals surface area contributed by atoms with E-state index in [9.17, 15) is 4.79 Å². The lowest BCUT2D eigenvalue weighted by Crippen LogP contribution is -2.51. The number of allylic oxidation sites excluding steroid dienone is 1. The highest BCUT2D eigenvalue weighted by Crippen LogP contribution is 2.59. The van der Waals surface area contributed by atoms with Crippen molar-refractivity contribution in [2.75, 3.05) is 31.2 Å². The van der Waals surface area contributed by atoms with Crippen LogP contribution in [0.3, 0.4) is 0 Å². The molecule has 0 radical (unpaired) electrons. The number of nitrogens with one attached hydrogen (secondary N) is 2. The Bertz CT molecular complexity index is 752. The van der Waals surface area contributed by atoms with Crippen LogP contribution in [0.1, 0.15) is 39.5 Å². The predicted molar refractivity (Wildman–Crippen MR) is 118 cm³/mol. The summed E-state index contributed by atoms with van der Waals surface area (Å²) in [5.74, 6) is 1.70. The van der Waals surface area contributed by atoms with Gasteiger partial charge in [0.2, 0.25) is 0 Å². The summed E-state index contributed by atoms with van der Waals surface area (Å²) in [5, 5.41) is 6.14.